The van der Waals surface area contributed by atoms with E-state index in [0.717, 1.165) is 10.3 Å². The van der Waals surface area contributed by atoms with E-state index in [1.165, 1.54) is 0 Å². The quantitative estimate of drug-likeness (QED) is 0.769. The van der Waals surface area contributed by atoms with Crippen LogP contribution in [0.4, 0.5) is 0 Å². The van der Waals surface area contributed by atoms with Gasteiger partial charge in [-0.2, -0.15) is 0 Å². The summed E-state index contributed by atoms with van der Waals surface area (Å²) >= 11 is 0. The molecule has 2 heterocycles. The third-order valence-corrected chi connectivity index (χ3v) is 2.36. The maximum absolute atomic E-state index is 11.9. The molecule has 0 saturated carbocycles. The third kappa shape index (κ3) is 1.58. The van der Waals surface area contributed by atoms with Crippen molar-refractivity contribution in [3.8, 4) is 0 Å². The molecule has 0 spiro atoms. The van der Waals surface area contributed by atoms with Gasteiger partial charge in [0.2, 0.25) is 0 Å². The molecule has 0 atom stereocenters. The van der Waals surface area contributed by atoms with E-state index >= 15 is 0 Å². The molecule has 84 valence electrons. The Bertz CT molecular complexity index is 624. The average Bonchev–Trinajstić information content (AvgIpc) is 2.53. The van der Waals surface area contributed by atoms with E-state index in [9.17, 15) is 9.59 Å². The minimum absolute atomic E-state index is 0.325. The zero-order valence-corrected chi connectivity index (χ0v) is 8.94. The van der Waals surface area contributed by atoms with Gasteiger partial charge in [-0.1, -0.05) is 0 Å². The van der Waals surface area contributed by atoms with Gasteiger partial charge in [0.1, 0.15) is 18.0 Å². The summed E-state index contributed by atoms with van der Waals surface area (Å²) in [5, 5.41) is 9.12. The highest BCUT2D eigenvalue weighted by molar-refractivity contribution is 5.76. The molecule has 0 amide bonds. The number of aliphatic carboxylic acids is 1. The Balaban J connectivity index is 2.74. The first-order valence-corrected chi connectivity index (χ1v) is 4.77. The number of aryl methyl sites for hydroxylation is 2. The van der Waals surface area contributed by atoms with Gasteiger partial charge in [0.15, 0.2) is 0 Å². The molecule has 2 aromatic heterocycles. The van der Waals surface area contributed by atoms with Crippen molar-refractivity contribution in [2.75, 3.05) is 0 Å². The summed E-state index contributed by atoms with van der Waals surface area (Å²) in [6.07, 6.45) is 0. The Morgan fingerprint density at radius 3 is 2.88 bits per heavy atom. The van der Waals surface area contributed by atoms with E-state index in [4.69, 9.17) is 5.11 Å². The van der Waals surface area contributed by atoms with E-state index in [1.54, 1.807) is 13.0 Å². The fraction of sp³-hybridized carbons (Fsp3) is 0.300. The molecule has 0 fully saturated rings. The van der Waals surface area contributed by atoms with Crippen molar-refractivity contribution in [2.45, 2.75) is 20.4 Å². The molecule has 6 nitrogen and oxygen atoms in total. The Morgan fingerprint density at radius 1 is 1.56 bits per heavy atom. The smallest absolute Gasteiger partial charge is 0.323 e. The summed E-state index contributed by atoms with van der Waals surface area (Å²) in [5.41, 5.74) is 1.00. The predicted molar refractivity (Wildman–Crippen MR) is 57.5 cm³/mol. The van der Waals surface area contributed by atoms with Crippen LogP contribution in [0.15, 0.2) is 10.9 Å². The number of carboxylic acids is 1. The van der Waals surface area contributed by atoms with Crippen LogP contribution in [0, 0.1) is 13.8 Å². The van der Waals surface area contributed by atoms with Crippen LogP contribution in [0.5, 0.6) is 0 Å². The maximum atomic E-state index is 11.9. The van der Waals surface area contributed by atoms with Crippen molar-refractivity contribution >= 4 is 17.0 Å². The summed E-state index contributed by atoms with van der Waals surface area (Å²) in [5.74, 6) is -0.666. The van der Waals surface area contributed by atoms with Gasteiger partial charge >= 0.3 is 5.97 Å². The summed E-state index contributed by atoms with van der Waals surface area (Å²) in [6.45, 7) is 3.07. The summed E-state index contributed by atoms with van der Waals surface area (Å²) in [4.78, 5) is 29.7. The number of carboxylic acid groups (broad SMARTS) is 1. The highest BCUT2D eigenvalue weighted by Gasteiger charge is 2.11. The molecule has 0 aliphatic carbocycles. The van der Waals surface area contributed by atoms with Crippen molar-refractivity contribution in [3.05, 3.63) is 27.9 Å². The second-order valence-electron chi connectivity index (χ2n) is 3.66. The first-order valence-electron chi connectivity index (χ1n) is 4.77. The molecule has 2 N–H and O–H groups in total. The van der Waals surface area contributed by atoms with E-state index in [2.05, 4.69) is 9.97 Å². The minimum Gasteiger partial charge on any atom is -0.480 e. The molecule has 0 aliphatic rings. The Morgan fingerprint density at radius 2 is 2.25 bits per heavy atom. The largest absolute Gasteiger partial charge is 0.480 e. The standard InChI is InChI=1S/C10H11N3O3/c1-5-3-7-9(11-5)12-6(2)13(10(7)16)4-8(14)15/h3,11H,4H2,1-2H3,(H,14,15). The van der Waals surface area contributed by atoms with E-state index in [1.807, 2.05) is 6.92 Å². The fourth-order valence-electron chi connectivity index (χ4n) is 1.66. The molecular weight excluding hydrogens is 210 g/mol. The molecule has 0 bridgehead atoms. The number of carbonyl (C=O) groups is 1. The second kappa shape index (κ2) is 3.48. The Hall–Kier alpha value is -2.11. The van der Waals surface area contributed by atoms with E-state index in [0.29, 0.717) is 16.9 Å². The van der Waals surface area contributed by atoms with Gasteiger partial charge in [-0.05, 0) is 19.9 Å². The minimum atomic E-state index is -1.06. The molecule has 0 unspecified atom stereocenters. The van der Waals surface area contributed by atoms with Gasteiger partial charge in [-0.15, -0.1) is 0 Å². The van der Waals surface area contributed by atoms with Crippen LogP contribution in [-0.4, -0.2) is 25.6 Å². The highest BCUT2D eigenvalue weighted by Crippen LogP contribution is 2.08. The summed E-state index contributed by atoms with van der Waals surface area (Å²) < 4.78 is 1.15. The Kier molecular flexibility index (Phi) is 2.26. The molecule has 0 radical (unpaired) electrons. The lowest BCUT2D eigenvalue weighted by atomic mass is 10.3. The number of fused-ring (bicyclic) bond motifs is 1. The third-order valence-electron chi connectivity index (χ3n) is 2.36. The van der Waals surface area contributed by atoms with Crippen LogP contribution in [0.3, 0.4) is 0 Å². The molecular formula is C10H11N3O3. The summed E-state index contributed by atoms with van der Waals surface area (Å²) in [6, 6.07) is 1.67. The predicted octanol–water partition coefficient (Wildman–Crippen LogP) is 0.426. The number of hydrogen-bond acceptors (Lipinski definition) is 3. The first-order chi connectivity index (χ1) is 7.49. The molecule has 16 heavy (non-hydrogen) atoms. The SMILES string of the molecule is Cc1cc2c(=O)n(CC(=O)O)c(C)nc2[nH]1. The monoisotopic (exact) mass is 221 g/mol. The normalized spacial score (nSPS) is 10.9. The molecule has 2 aromatic rings. The molecule has 2 rings (SSSR count). The topological polar surface area (TPSA) is 88.0 Å². The molecule has 0 saturated heterocycles. The van der Waals surface area contributed by atoms with Gasteiger partial charge < -0.3 is 10.1 Å². The number of aromatic amines is 1. The lowest BCUT2D eigenvalue weighted by Gasteiger charge is -2.05. The van der Waals surface area contributed by atoms with Crippen molar-refractivity contribution in [1.82, 2.24) is 14.5 Å². The van der Waals surface area contributed by atoms with Gasteiger partial charge in [0.05, 0.1) is 5.39 Å². The van der Waals surface area contributed by atoms with Gasteiger partial charge in [0.25, 0.3) is 5.56 Å². The number of rotatable bonds is 2. The number of nitrogens with zero attached hydrogens (tertiary/aromatic N) is 2. The first kappa shape index (κ1) is 10.4. The molecule has 6 heteroatoms. The van der Waals surface area contributed by atoms with Crippen molar-refractivity contribution < 1.29 is 9.90 Å². The van der Waals surface area contributed by atoms with Crippen LogP contribution >= 0.6 is 0 Å². The maximum Gasteiger partial charge on any atom is 0.323 e. The van der Waals surface area contributed by atoms with Crippen LogP contribution in [0.1, 0.15) is 11.5 Å². The lowest BCUT2D eigenvalue weighted by Crippen LogP contribution is -2.26. The lowest BCUT2D eigenvalue weighted by molar-refractivity contribution is -0.137. The van der Waals surface area contributed by atoms with E-state index < -0.39 is 5.97 Å². The Labute approximate surface area is 90.5 Å². The van der Waals surface area contributed by atoms with Crippen molar-refractivity contribution in [2.24, 2.45) is 0 Å². The zero-order valence-electron chi connectivity index (χ0n) is 8.94. The number of H-pyrrole nitrogens is 1. The molecule has 0 aromatic carbocycles. The van der Waals surface area contributed by atoms with Crippen molar-refractivity contribution in [3.63, 3.8) is 0 Å². The zero-order chi connectivity index (χ0) is 11.9. The highest BCUT2D eigenvalue weighted by atomic mass is 16.4. The van der Waals surface area contributed by atoms with Gasteiger partial charge in [-0.3, -0.25) is 14.2 Å². The molecule has 0 aliphatic heterocycles. The van der Waals surface area contributed by atoms with Crippen LogP contribution < -0.4 is 5.56 Å². The number of nitrogens with one attached hydrogen (secondary N) is 1. The van der Waals surface area contributed by atoms with Gasteiger partial charge in [-0.25, -0.2) is 4.98 Å². The number of hydrogen-bond donors (Lipinski definition) is 2. The van der Waals surface area contributed by atoms with Gasteiger partial charge in [0, 0.05) is 5.69 Å². The second-order valence-corrected chi connectivity index (χ2v) is 3.66. The van der Waals surface area contributed by atoms with Crippen LogP contribution in [-0.2, 0) is 11.3 Å². The van der Waals surface area contributed by atoms with Crippen LogP contribution in [0.25, 0.3) is 11.0 Å². The summed E-state index contributed by atoms with van der Waals surface area (Å²) in [7, 11) is 0. The van der Waals surface area contributed by atoms with E-state index in [-0.39, 0.29) is 12.1 Å². The number of aromatic nitrogens is 3. The van der Waals surface area contributed by atoms with Crippen LogP contribution in [0.2, 0.25) is 0 Å². The fourth-order valence-corrected chi connectivity index (χ4v) is 1.66. The average molecular weight is 221 g/mol. The van der Waals surface area contributed by atoms with Crippen molar-refractivity contribution in [1.29, 1.82) is 0 Å².